The number of carbonyl (C=O) groups excluding carboxylic acids is 2. The molecule has 0 radical (unpaired) electrons. The molecule has 8 nitrogen and oxygen atoms in total. The van der Waals surface area contributed by atoms with E-state index in [1.807, 2.05) is 36.9 Å². The van der Waals surface area contributed by atoms with Gasteiger partial charge in [0.15, 0.2) is 0 Å². The number of anilines is 1. The van der Waals surface area contributed by atoms with Crippen LogP contribution in [0.3, 0.4) is 0 Å². The zero-order valence-corrected chi connectivity index (χ0v) is 19.4. The molecule has 1 aromatic heterocycles. The third kappa shape index (κ3) is 5.26. The summed E-state index contributed by atoms with van der Waals surface area (Å²) in [4.78, 5) is 29.0. The maximum absolute atomic E-state index is 12.8. The number of aryl methyl sites for hydroxylation is 3. The first-order valence-electron chi connectivity index (χ1n) is 10.6. The van der Waals surface area contributed by atoms with Crippen molar-refractivity contribution in [2.24, 2.45) is 7.05 Å². The van der Waals surface area contributed by atoms with Crippen molar-refractivity contribution in [3.8, 4) is 0 Å². The highest BCUT2D eigenvalue weighted by molar-refractivity contribution is 6.05. The summed E-state index contributed by atoms with van der Waals surface area (Å²) in [5.41, 5.74) is 5.25. The van der Waals surface area contributed by atoms with E-state index in [1.54, 1.807) is 43.0 Å². The number of benzene rings is 1. The van der Waals surface area contributed by atoms with Gasteiger partial charge >= 0.3 is 0 Å². The SMILES string of the molecule is C=C(C(=O)N(C)/C=C(\C)c1cc(NC(=O)c2cn(C)nc2C)ccc1C)N1CCOCC1. The van der Waals surface area contributed by atoms with Gasteiger partial charge in [-0.3, -0.25) is 14.3 Å². The van der Waals surface area contributed by atoms with Gasteiger partial charge in [-0.15, -0.1) is 0 Å². The molecule has 0 bridgehead atoms. The number of amides is 2. The van der Waals surface area contributed by atoms with E-state index in [-0.39, 0.29) is 11.8 Å². The number of nitrogens with zero attached hydrogens (tertiary/aromatic N) is 4. The molecule has 2 aromatic rings. The van der Waals surface area contributed by atoms with Crippen LogP contribution in [-0.2, 0) is 16.6 Å². The maximum atomic E-state index is 12.8. The summed E-state index contributed by atoms with van der Waals surface area (Å²) in [5, 5.41) is 7.16. The largest absolute Gasteiger partial charge is 0.378 e. The number of likely N-dealkylation sites (N-methyl/N-ethyl adjacent to an activating group) is 1. The second kappa shape index (κ2) is 9.82. The summed E-state index contributed by atoms with van der Waals surface area (Å²) in [6.07, 6.45) is 3.50. The van der Waals surface area contributed by atoms with Gasteiger partial charge in [-0.05, 0) is 49.6 Å². The van der Waals surface area contributed by atoms with Crippen molar-refractivity contribution in [2.45, 2.75) is 20.8 Å². The first kappa shape index (κ1) is 23.3. The zero-order chi connectivity index (χ0) is 23.4. The molecule has 8 heteroatoms. The maximum Gasteiger partial charge on any atom is 0.273 e. The fourth-order valence-corrected chi connectivity index (χ4v) is 3.74. The number of hydrogen-bond acceptors (Lipinski definition) is 5. The predicted molar refractivity (Wildman–Crippen MR) is 125 cm³/mol. The Morgan fingerprint density at radius 2 is 1.91 bits per heavy atom. The van der Waals surface area contributed by atoms with Crippen LogP contribution >= 0.6 is 0 Å². The molecule has 1 aliphatic heterocycles. The van der Waals surface area contributed by atoms with Gasteiger partial charge in [-0.25, -0.2) is 0 Å². The molecule has 1 N–H and O–H groups in total. The second-order valence-corrected chi connectivity index (χ2v) is 8.06. The summed E-state index contributed by atoms with van der Waals surface area (Å²) >= 11 is 0. The second-order valence-electron chi connectivity index (χ2n) is 8.06. The number of hydrogen-bond donors (Lipinski definition) is 1. The number of allylic oxidation sites excluding steroid dienone is 1. The summed E-state index contributed by atoms with van der Waals surface area (Å²) in [6.45, 7) is 12.3. The van der Waals surface area contributed by atoms with E-state index in [1.165, 1.54) is 0 Å². The fraction of sp³-hybridized carbons (Fsp3) is 0.375. The van der Waals surface area contributed by atoms with Crippen molar-refractivity contribution in [1.82, 2.24) is 19.6 Å². The van der Waals surface area contributed by atoms with Crippen LogP contribution in [0.2, 0.25) is 0 Å². The Hall–Kier alpha value is -3.39. The van der Waals surface area contributed by atoms with E-state index in [4.69, 9.17) is 4.74 Å². The summed E-state index contributed by atoms with van der Waals surface area (Å²) < 4.78 is 6.97. The molecule has 170 valence electrons. The van der Waals surface area contributed by atoms with Crippen LogP contribution < -0.4 is 5.32 Å². The Kier molecular flexibility index (Phi) is 7.15. The van der Waals surface area contributed by atoms with Gasteiger partial charge in [0, 0.05) is 45.3 Å². The molecule has 3 rings (SSSR count). The molecule has 1 saturated heterocycles. The van der Waals surface area contributed by atoms with Gasteiger partial charge in [0.2, 0.25) is 0 Å². The van der Waals surface area contributed by atoms with Crippen LogP contribution in [0.25, 0.3) is 5.57 Å². The van der Waals surface area contributed by atoms with Crippen LogP contribution in [0.15, 0.2) is 42.9 Å². The number of rotatable bonds is 6. The topological polar surface area (TPSA) is 79.7 Å². The molecule has 2 amide bonds. The average Bonchev–Trinajstić information content (AvgIpc) is 3.12. The highest BCUT2D eigenvalue weighted by Crippen LogP contribution is 2.24. The lowest BCUT2D eigenvalue weighted by atomic mass is 10.0. The molecule has 0 spiro atoms. The number of ether oxygens (including phenoxy) is 1. The molecule has 1 aromatic carbocycles. The Labute approximate surface area is 189 Å². The van der Waals surface area contributed by atoms with Gasteiger partial charge in [0.25, 0.3) is 11.8 Å². The van der Waals surface area contributed by atoms with Crippen molar-refractivity contribution >= 4 is 23.1 Å². The Balaban J connectivity index is 1.75. The molecule has 0 aliphatic carbocycles. The van der Waals surface area contributed by atoms with Crippen molar-refractivity contribution in [1.29, 1.82) is 0 Å². The van der Waals surface area contributed by atoms with E-state index in [0.717, 1.165) is 16.7 Å². The van der Waals surface area contributed by atoms with Gasteiger partial charge < -0.3 is 19.9 Å². The van der Waals surface area contributed by atoms with Gasteiger partial charge in [0.05, 0.1) is 30.2 Å². The standard InChI is InChI=1S/C24H31N5O3/c1-16-7-8-20(25-23(30)22-15-28(6)26-18(22)3)13-21(16)17(2)14-27(5)24(31)19(4)29-9-11-32-12-10-29/h7-8,13-15H,4,9-12H2,1-3,5-6H3,(H,25,30)/b17-14+. The van der Waals surface area contributed by atoms with Crippen molar-refractivity contribution in [3.05, 3.63) is 65.3 Å². The Bertz CT molecular complexity index is 1060. The van der Waals surface area contributed by atoms with E-state index >= 15 is 0 Å². The van der Waals surface area contributed by atoms with Gasteiger partial charge in [-0.1, -0.05) is 12.6 Å². The minimum atomic E-state index is -0.207. The first-order valence-corrected chi connectivity index (χ1v) is 10.6. The predicted octanol–water partition coefficient (Wildman–Crippen LogP) is 2.95. The molecule has 1 fully saturated rings. The van der Waals surface area contributed by atoms with E-state index in [0.29, 0.717) is 48.9 Å². The van der Waals surface area contributed by atoms with Crippen LogP contribution in [0, 0.1) is 13.8 Å². The van der Waals surface area contributed by atoms with Gasteiger partial charge in [-0.2, -0.15) is 5.10 Å². The highest BCUT2D eigenvalue weighted by atomic mass is 16.5. The Morgan fingerprint density at radius 3 is 2.53 bits per heavy atom. The lowest BCUT2D eigenvalue weighted by Gasteiger charge is -2.31. The number of carbonyl (C=O) groups is 2. The molecule has 0 saturated carbocycles. The van der Waals surface area contributed by atoms with Crippen LogP contribution in [-0.4, -0.2) is 64.7 Å². The van der Waals surface area contributed by atoms with Crippen molar-refractivity contribution in [3.63, 3.8) is 0 Å². The third-order valence-electron chi connectivity index (χ3n) is 5.53. The molecule has 2 heterocycles. The molecule has 0 atom stereocenters. The monoisotopic (exact) mass is 437 g/mol. The van der Waals surface area contributed by atoms with E-state index < -0.39 is 0 Å². The van der Waals surface area contributed by atoms with Crippen LogP contribution in [0.4, 0.5) is 5.69 Å². The summed E-state index contributed by atoms with van der Waals surface area (Å²) in [7, 11) is 3.51. The smallest absolute Gasteiger partial charge is 0.273 e. The molecule has 0 unspecified atom stereocenters. The minimum absolute atomic E-state index is 0.152. The lowest BCUT2D eigenvalue weighted by molar-refractivity contribution is -0.125. The molecular weight excluding hydrogens is 406 g/mol. The highest BCUT2D eigenvalue weighted by Gasteiger charge is 2.20. The van der Waals surface area contributed by atoms with Crippen LogP contribution in [0.5, 0.6) is 0 Å². The number of nitrogens with one attached hydrogen (secondary N) is 1. The van der Waals surface area contributed by atoms with Gasteiger partial charge in [0.1, 0.15) is 0 Å². The summed E-state index contributed by atoms with van der Waals surface area (Å²) in [6, 6.07) is 5.73. The fourth-order valence-electron chi connectivity index (χ4n) is 3.74. The Morgan fingerprint density at radius 1 is 1.22 bits per heavy atom. The molecule has 32 heavy (non-hydrogen) atoms. The average molecular weight is 438 g/mol. The lowest BCUT2D eigenvalue weighted by Crippen LogP contribution is -2.40. The first-order chi connectivity index (χ1) is 15.2. The minimum Gasteiger partial charge on any atom is -0.378 e. The van der Waals surface area contributed by atoms with Crippen LogP contribution in [0.1, 0.15) is 34.1 Å². The number of morpholine rings is 1. The van der Waals surface area contributed by atoms with E-state index in [9.17, 15) is 9.59 Å². The third-order valence-corrected chi connectivity index (χ3v) is 5.53. The molecular formula is C24H31N5O3. The number of aromatic nitrogens is 2. The quantitative estimate of drug-likeness (QED) is 0.703. The molecule has 1 aliphatic rings. The van der Waals surface area contributed by atoms with E-state index in [2.05, 4.69) is 17.0 Å². The van der Waals surface area contributed by atoms with Crippen molar-refractivity contribution in [2.75, 3.05) is 38.7 Å². The summed E-state index contributed by atoms with van der Waals surface area (Å²) in [5.74, 6) is -0.360. The zero-order valence-electron chi connectivity index (χ0n) is 19.4. The van der Waals surface area contributed by atoms with Crippen molar-refractivity contribution < 1.29 is 14.3 Å². The normalized spacial score (nSPS) is 14.3.